The standard InChI is InChI=1S/C19H24N2O2/c1-4-13-21(14-5-2)19(23)16-11-12-17(22)20(3)18(16)15-9-7-6-8-10-15/h4-10,16,18H,1-2,11-14H2,3H3. The summed E-state index contributed by atoms with van der Waals surface area (Å²) in [5.74, 6) is -0.0973. The molecule has 23 heavy (non-hydrogen) atoms. The van der Waals surface area contributed by atoms with Gasteiger partial charge in [-0.05, 0) is 12.0 Å². The summed E-state index contributed by atoms with van der Waals surface area (Å²) in [6.45, 7) is 8.42. The van der Waals surface area contributed by atoms with Crippen LogP contribution in [-0.4, -0.2) is 41.8 Å². The van der Waals surface area contributed by atoms with Crippen molar-refractivity contribution in [2.75, 3.05) is 20.1 Å². The summed E-state index contributed by atoms with van der Waals surface area (Å²) in [4.78, 5) is 28.6. The molecule has 1 saturated heterocycles. The average molecular weight is 312 g/mol. The van der Waals surface area contributed by atoms with Gasteiger partial charge >= 0.3 is 0 Å². The van der Waals surface area contributed by atoms with Crippen molar-refractivity contribution >= 4 is 11.8 Å². The summed E-state index contributed by atoms with van der Waals surface area (Å²) in [6.07, 6.45) is 4.42. The summed E-state index contributed by atoms with van der Waals surface area (Å²) in [6, 6.07) is 9.55. The molecule has 1 heterocycles. The fourth-order valence-corrected chi connectivity index (χ4v) is 3.20. The van der Waals surface area contributed by atoms with Crippen molar-refractivity contribution < 1.29 is 9.59 Å². The Hall–Kier alpha value is -2.36. The normalized spacial score (nSPS) is 20.9. The molecule has 0 spiro atoms. The maximum Gasteiger partial charge on any atom is 0.228 e. The number of likely N-dealkylation sites (tertiary alicyclic amines) is 1. The van der Waals surface area contributed by atoms with Crippen molar-refractivity contribution in [3.05, 3.63) is 61.2 Å². The fourth-order valence-electron chi connectivity index (χ4n) is 3.20. The first kappa shape index (κ1) is 17.0. The second kappa shape index (κ2) is 7.77. The van der Waals surface area contributed by atoms with Crippen LogP contribution in [0.5, 0.6) is 0 Å². The molecule has 0 bridgehead atoms. The predicted octanol–water partition coefficient (Wildman–Crippen LogP) is 2.80. The van der Waals surface area contributed by atoms with Crippen molar-refractivity contribution in [2.45, 2.75) is 18.9 Å². The first-order valence-electron chi connectivity index (χ1n) is 7.91. The number of benzene rings is 1. The number of carbonyl (C=O) groups is 2. The van der Waals surface area contributed by atoms with Gasteiger partial charge < -0.3 is 9.80 Å². The van der Waals surface area contributed by atoms with E-state index in [0.29, 0.717) is 25.9 Å². The van der Waals surface area contributed by atoms with Crippen molar-refractivity contribution in [1.82, 2.24) is 9.80 Å². The predicted molar refractivity (Wildman–Crippen MR) is 91.7 cm³/mol. The molecule has 0 aromatic heterocycles. The minimum atomic E-state index is -0.236. The lowest BCUT2D eigenvalue weighted by Crippen LogP contribution is -2.47. The Morgan fingerprint density at radius 3 is 2.43 bits per heavy atom. The number of hydrogen-bond donors (Lipinski definition) is 0. The third kappa shape index (κ3) is 3.70. The summed E-state index contributed by atoms with van der Waals surface area (Å²) in [7, 11) is 1.78. The zero-order valence-corrected chi connectivity index (χ0v) is 13.6. The molecule has 1 aromatic rings. The highest BCUT2D eigenvalue weighted by molar-refractivity contribution is 5.85. The second-order valence-corrected chi connectivity index (χ2v) is 5.83. The largest absolute Gasteiger partial charge is 0.338 e. The zero-order chi connectivity index (χ0) is 16.8. The average Bonchev–Trinajstić information content (AvgIpc) is 2.57. The van der Waals surface area contributed by atoms with E-state index >= 15 is 0 Å². The highest BCUT2D eigenvalue weighted by Crippen LogP contribution is 2.36. The lowest BCUT2D eigenvalue weighted by Gasteiger charge is -2.40. The Kier molecular flexibility index (Phi) is 5.74. The third-order valence-corrected chi connectivity index (χ3v) is 4.33. The van der Waals surface area contributed by atoms with Crippen LogP contribution in [0, 0.1) is 5.92 Å². The van der Waals surface area contributed by atoms with Gasteiger partial charge in [0, 0.05) is 26.6 Å². The lowest BCUT2D eigenvalue weighted by atomic mass is 9.83. The van der Waals surface area contributed by atoms with E-state index in [4.69, 9.17) is 0 Å². The molecule has 0 saturated carbocycles. The Bertz CT molecular complexity index is 572. The van der Waals surface area contributed by atoms with Gasteiger partial charge in [0.1, 0.15) is 0 Å². The SMILES string of the molecule is C=CCN(CC=C)C(=O)C1CCC(=O)N(C)C1c1ccccc1. The van der Waals surface area contributed by atoms with Gasteiger partial charge in [-0.25, -0.2) is 0 Å². The molecule has 4 heteroatoms. The van der Waals surface area contributed by atoms with Crippen LogP contribution >= 0.6 is 0 Å². The summed E-state index contributed by atoms with van der Waals surface area (Å²) >= 11 is 0. The number of rotatable bonds is 6. The molecular formula is C19H24N2O2. The Balaban J connectivity index is 2.33. The van der Waals surface area contributed by atoms with E-state index in [1.807, 2.05) is 30.3 Å². The van der Waals surface area contributed by atoms with Gasteiger partial charge in [0.15, 0.2) is 0 Å². The minimum absolute atomic E-state index is 0.0537. The van der Waals surface area contributed by atoms with E-state index in [1.54, 1.807) is 29.0 Å². The van der Waals surface area contributed by atoms with E-state index in [2.05, 4.69) is 13.2 Å². The molecule has 1 aliphatic rings. The molecule has 1 aromatic carbocycles. The van der Waals surface area contributed by atoms with E-state index in [0.717, 1.165) is 5.56 Å². The maximum absolute atomic E-state index is 13.0. The topological polar surface area (TPSA) is 40.6 Å². The van der Waals surface area contributed by atoms with Gasteiger partial charge in [0.25, 0.3) is 0 Å². The Labute approximate surface area is 138 Å². The molecule has 1 aliphatic heterocycles. The fraction of sp³-hybridized carbons (Fsp3) is 0.368. The molecule has 0 radical (unpaired) electrons. The molecule has 0 aliphatic carbocycles. The molecule has 0 N–H and O–H groups in total. The third-order valence-electron chi connectivity index (χ3n) is 4.33. The number of carbonyl (C=O) groups excluding carboxylic acids is 2. The molecule has 1 fully saturated rings. The zero-order valence-electron chi connectivity index (χ0n) is 13.6. The van der Waals surface area contributed by atoms with Gasteiger partial charge in [-0.3, -0.25) is 9.59 Å². The molecule has 2 amide bonds. The number of piperidine rings is 1. The molecule has 4 nitrogen and oxygen atoms in total. The van der Waals surface area contributed by atoms with Crippen molar-refractivity contribution in [2.24, 2.45) is 5.92 Å². The van der Waals surface area contributed by atoms with Crippen LogP contribution in [0.25, 0.3) is 0 Å². The highest BCUT2D eigenvalue weighted by atomic mass is 16.2. The van der Waals surface area contributed by atoms with Gasteiger partial charge in [-0.2, -0.15) is 0 Å². The molecule has 2 atom stereocenters. The van der Waals surface area contributed by atoms with Gasteiger partial charge in [-0.1, -0.05) is 42.5 Å². The van der Waals surface area contributed by atoms with Crippen LogP contribution in [0.3, 0.4) is 0 Å². The van der Waals surface area contributed by atoms with Crippen LogP contribution in [0.15, 0.2) is 55.6 Å². The van der Waals surface area contributed by atoms with Gasteiger partial charge in [0.05, 0.1) is 12.0 Å². The van der Waals surface area contributed by atoms with E-state index in [-0.39, 0.29) is 23.8 Å². The van der Waals surface area contributed by atoms with E-state index in [9.17, 15) is 9.59 Å². The number of nitrogens with zero attached hydrogens (tertiary/aromatic N) is 2. The molecular weight excluding hydrogens is 288 g/mol. The van der Waals surface area contributed by atoms with Crippen molar-refractivity contribution in [1.29, 1.82) is 0 Å². The van der Waals surface area contributed by atoms with Gasteiger partial charge in [0.2, 0.25) is 11.8 Å². The lowest BCUT2D eigenvalue weighted by molar-refractivity contribution is -0.146. The second-order valence-electron chi connectivity index (χ2n) is 5.83. The molecule has 2 rings (SSSR count). The van der Waals surface area contributed by atoms with Crippen molar-refractivity contribution in [3.8, 4) is 0 Å². The van der Waals surface area contributed by atoms with Crippen LogP contribution < -0.4 is 0 Å². The summed E-state index contributed by atoms with van der Waals surface area (Å²) in [5.41, 5.74) is 0.999. The van der Waals surface area contributed by atoms with Gasteiger partial charge in [-0.15, -0.1) is 13.2 Å². The molecule has 122 valence electrons. The Morgan fingerprint density at radius 1 is 1.26 bits per heavy atom. The smallest absolute Gasteiger partial charge is 0.228 e. The van der Waals surface area contributed by atoms with Crippen LogP contribution in [-0.2, 0) is 9.59 Å². The van der Waals surface area contributed by atoms with E-state index in [1.165, 1.54) is 0 Å². The number of amides is 2. The quantitative estimate of drug-likeness (QED) is 0.758. The first-order valence-corrected chi connectivity index (χ1v) is 7.91. The maximum atomic E-state index is 13.0. The summed E-state index contributed by atoms with van der Waals surface area (Å²) in [5, 5.41) is 0. The summed E-state index contributed by atoms with van der Waals surface area (Å²) < 4.78 is 0. The van der Waals surface area contributed by atoms with Crippen molar-refractivity contribution in [3.63, 3.8) is 0 Å². The minimum Gasteiger partial charge on any atom is -0.338 e. The van der Waals surface area contributed by atoms with Crippen LogP contribution in [0.4, 0.5) is 0 Å². The van der Waals surface area contributed by atoms with Crippen LogP contribution in [0.1, 0.15) is 24.4 Å². The monoisotopic (exact) mass is 312 g/mol. The Morgan fingerprint density at radius 2 is 1.87 bits per heavy atom. The number of hydrogen-bond acceptors (Lipinski definition) is 2. The first-order chi connectivity index (χ1) is 11.1. The van der Waals surface area contributed by atoms with Crippen LogP contribution in [0.2, 0.25) is 0 Å². The highest BCUT2D eigenvalue weighted by Gasteiger charge is 2.40. The molecule has 2 unspecified atom stereocenters. The van der Waals surface area contributed by atoms with E-state index < -0.39 is 0 Å².